The molecular formula is C20H27N3O2. The number of aromatic amines is 1. The van der Waals surface area contributed by atoms with Crippen molar-refractivity contribution in [2.45, 2.75) is 45.2 Å². The smallest absolute Gasteiger partial charge is 0.270 e. The molecule has 1 atom stereocenters. The maximum atomic E-state index is 12.9. The zero-order valence-corrected chi connectivity index (χ0v) is 15.3. The number of aryl methyl sites for hydroxylation is 1. The first-order chi connectivity index (χ1) is 12.1. The van der Waals surface area contributed by atoms with Crippen LogP contribution in [0.1, 0.15) is 42.2 Å². The van der Waals surface area contributed by atoms with E-state index in [2.05, 4.69) is 16.8 Å². The van der Waals surface area contributed by atoms with Crippen LogP contribution in [-0.4, -0.2) is 59.5 Å². The normalized spacial score (nSPS) is 22.2. The molecule has 0 saturated carbocycles. The predicted molar refractivity (Wildman–Crippen MR) is 99.3 cm³/mol. The van der Waals surface area contributed by atoms with Gasteiger partial charge in [0.1, 0.15) is 11.4 Å². The summed E-state index contributed by atoms with van der Waals surface area (Å²) in [6, 6.07) is 7.07. The maximum absolute atomic E-state index is 12.9. The van der Waals surface area contributed by atoms with Crippen LogP contribution < -0.4 is 4.74 Å². The summed E-state index contributed by atoms with van der Waals surface area (Å²) in [7, 11) is 1.66. The van der Waals surface area contributed by atoms with Crippen LogP contribution in [0.2, 0.25) is 0 Å². The van der Waals surface area contributed by atoms with Gasteiger partial charge in [0.05, 0.1) is 7.11 Å². The average molecular weight is 341 g/mol. The number of H-pyrrole nitrogens is 1. The van der Waals surface area contributed by atoms with Crippen molar-refractivity contribution in [3.05, 3.63) is 29.5 Å². The second kappa shape index (κ2) is 6.37. The Balaban J connectivity index is 1.49. The highest BCUT2D eigenvalue weighted by atomic mass is 16.5. The summed E-state index contributed by atoms with van der Waals surface area (Å²) in [5, 5.41) is 1.06. The van der Waals surface area contributed by atoms with Gasteiger partial charge < -0.3 is 14.6 Å². The van der Waals surface area contributed by atoms with Gasteiger partial charge in [-0.15, -0.1) is 0 Å². The Morgan fingerprint density at radius 2 is 2.08 bits per heavy atom. The Hall–Kier alpha value is -2.01. The molecule has 134 valence electrons. The van der Waals surface area contributed by atoms with Gasteiger partial charge in [0.25, 0.3) is 5.91 Å². The number of likely N-dealkylation sites (tertiary alicyclic amines) is 2. The minimum absolute atomic E-state index is 0.119. The number of carbonyl (C=O) groups excluding carboxylic acids is 1. The molecule has 0 radical (unpaired) electrons. The van der Waals surface area contributed by atoms with Gasteiger partial charge in [-0.1, -0.05) is 6.42 Å². The Kier molecular flexibility index (Phi) is 4.20. The first kappa shape index (κ1) is 16.5. The molecule has 5 heteroatoms. The molecule has 0 aliphatic carbocycles. The summed E-state index contributed by atoms with van der Waals surface area (Å²) in [6.07, 6.45) is 3.91. The van der Waals surface area contributed by atoms with Crippen LogP contribution in [0.15, 0.2) is 18.2 Å². The number of nitrogens with zero attached hydrogens (tertiary/aromatic N) is 2. The number of methoxy groups -OCH3 is 1. The van der Waals surface area contributed by atoms with E-state index in [0.29, 0.717) is 17.8 Å². The Morgan fingerprint density at radius 3 is 2.80 bits per heavy atom. The van der Waals surface area contributed by atoms with Gasteiger partial charge in [-0.2, -0.15) is 0 Å². The molecule has 1 aromatic heterocycles. The van der Waals surface area contributed by atoms with Crippen molar-refractivity contribution in [3.63, 3.8) is 0 Å². The van der Waals surface area contributed by atoms with E-state index in [1.54, 1.807) is 7.11 Å². The number of carbonyl (C=O) groups is 1. The number of ether oxygens (including phenoxy) is 1. The molecule has 0 bridgehead atoms. The van der Waals surface area contributed by atoms with Crippen LogP contribution in [0, 0.1) is 6.92 Å². The van der Waals surface area contributed by atoms with E-state index in [-0.39, 0.29) is 5.91 Å². The highest BCUT2D eigenvalue weighted by molar-refractivity contribution is 6.01. The van der Waals surface area contributed by atoms with Gasteiger partial charge in [0.15, 0.2) is 0 Å². The molecule has 1 amide bonds. The van der Waals surface area contributed by atoms with E-state index in [1.165, 1.54) is 25.8 Å². The van der Waals surface area contributed by atoms with Crippen LogP contribution in [0.3, 0.4) is 0 Å². The van der Waals surface area contributed by atoms with Gasteiger partial charge in [-0.3, -0.25) is 9.69 Å². The summed E-state index contributed by atoms with van der Waals surface area (Å²) >= 11 is 0. The molecule has 2 aromatic rings. The van der Waals surface area contributed by atoms with Gasteiger partial charge >= 0.3 is 0 Å². The molecule has 4 rings (SSSR count). The van der Waals surface area contributed by atoms with Gasteiger partial charge in [-0.25, -0.2) is 0 Å². The van der Waals surface area contributed by atoms with E-state index in [0.717, 1.165) is 35.3 Å². The van der Waals surface area contributed by atoms with E-state index in [1.807, 2.05) is 30.0 Å². The zero-order chi connectivity index (χ0) is 17.6. The molecule has 0 spiro atoms. The van der Waals surface area contributed by atoms with Gasteiger partial charge in [-0.05, 0) is 57.0 Å². The predicted octanol–water partition coefficient (Wildman–Crippen LogP) is 3.18. The Morgan fingerprint density at radius 1 is 1.28 bits per heavy atom. The topological polar surface area (TPSA) is 48.6 Å². The number of benzene rings is 1. The molecule has 2 saturated heterocycles. The van der Waals surface area contributed by atoms with E-state index in [9.17, 15) is 4.79 Å². The van der Waals surface area contributed by atoms with Crippen molar-refractivity contribution in [1.29, 1.82) is 0 Å². The second-order valence-corrected chi connectivity index (χ2v) is 7.48. The number of hydrogen-bond acceptors (Lipinski definition) is 3. The number of hydrogen-bond donors (Lipinski definition) is 1. The molecule has 2 fully saturated rings. The van der Waals surface area contributed by atoms with Crippen LogP contribution in [0.25, 0.3) is 10.9 Å². The third-order valence-corrected chi connectivity index (χ3v) is 5.95. The fraction of sp³-hybridized carbons (Fsp3) is 0.550. The van der Waals surface area contributed by atoms with Gasteiger partial charge in [0, 0.05) is 36.1 Å². The highest BCUT2D eigenvalue weighted by Crippen LogP contribution is 2.29. The van der Waals surface area contributed by atoms with E-state index in [4.69, 9.17) is 4.74 Å². The van der Waals surface area contributed by atoms with E-state index < -0.39 is 0 Å². The monoisotopic (exact) mass is 341 g/mol. The lowest BCUT2D eigenvalue weighted by Crippen LogP contribution is -2.63. The van der Waals surface area contributed by atoms with Crippen LogP contribution >= 0.6 is 0 Å². The average Bonchev–Trinajstić information content (AvgIpc) is 2.91. The fourth-order valence-electron chi connectivity index (χ4n) is 4.30. The van der Waals surface area contributed by atoms with Crippen molar-refractivity contribution in [2.24, 2.45) is 0 Å². The number of aromatic nitrogens is 1. The van der Waals surface area contributed by atoms with Gasteiger partial charge in [0.2, 0.25) is 0 Å². The molecule has 1 N–H and O–H groups in total. The molecule has 3 heterocycles. The minimum Gasteiger partial charge on any atom is -0.497 e. The lowest BCUT2D eigenvalue weighted by Gasteiger charge is -2.49. The highest BCUT2D eigenvalue weighted by Gasteiger charge is 2.38. The molecule has 2 aliphatic rings. The second-order valence-electron chi connectivity index (χ2n) is 7.48. The van der Waals surface area contributed by atoms with Crippen LogP contribution in [0.5, 0.6) is 5.75 Å². The number of amides is 1. The Bertz CT molecular complexity index is 792. The number of piperidine rings is 1. The number of nitrogens with one attached hydrogen (secondary N) is 1. The quantitative estimate of drug-likeness (QED) is 0.933. The molecule has 2 aliphatic heterocycles. The van der Waals surface area contributed by atoms with E-state index >= 15 is 0 Å². The Labute approximate surface area is 148 Å². The SMILES string of the molecule is COc1ccc2[nH]c(C(=O)N3CC(N4CCCC[C@@H]4C)C3)c(C)c2c1. The molecule has 5 nitrogen and oxygen atoms in total. The first-order valence-corrected chi connectivity index (χ1v) is 9.30. The lowest BCUT2D eigenvalue weighted by molar-refractivity contribution is 0.00182. The molecule has 25 heavy (non-hydrogen) atoms. The number of rotatable bonds is 3. The van der Waals surface area contributed by atoms with Crippen molar-refractivity contribution >= 4 is 16.8 Å². The summed E-state index contributed by atoms with van der Waals surface area (Å²) in [5.74, 6) is 0.935. The summed E-state index contributed by atoms with van der Waals surface area (Å²) < 4.78 is 5.30. The van der Waals surface area contributed by atoms with Crippen LogP contribution in [-0.2, 0) is 0 Å². The zero-order valence-electron chi connectivity index (χ0n) is 15.3. The summed E-state index contributed by atoms with van der Waals surface area (Å²) in [4.78, 5) is 20.8. The first-order valence-electron chi connectivity index (χ1n) is 9.30. The summed E-state index contributed by atoms with van der Waals surface area (Å²) in [5.41, 5.74) is 2.71. The molecule has 1 aromatic carbocycles. The third kappa shape index (κ3) is 2.80. The number of fused-ring (bicyclic) bond motifs is 1. The third-order valence-electron chi connectivity index (χ3n) is 5.95. The summed E-state index contributed by atoms with van der Waals surface area (Å²) in [6.45, 7) is 7.20. The van der Waals surface area contributed by atoms with Crippen molar-refractivity contribution in [3.8, 4) is 5.75 Å². The molecule has 0 unspecified atom stereocenters. The fourth-order valence-corrected chi connectivity index (χ4v) is 4.30. The standard InChI is InChI=1S/C20H27N3O2/c1-13-6-4-5-9-23(13)15-11-22(12-15)20(24)19-14(2)17-10-16(25-3)7-8-18(17)21-19/h7-8,10,13,15,21H,4-6,9,11-12H2,1-3H3/t13-/m0/s1. The van der Waals surface area contributed by atoms with Crippen LogP contribution in [0.4, 0.5) is 0 Å². The largest absolute Gasteiger partial charge is 0.497 e. The van der Waals surface area contributed by atoms with Crippen molar-refractivity contribution in [2.75, 3.05) is 26.7 Å². The van der Waals surface area contributed by atoms with Crippen molar-refractivity contribution < 1.29 is 9.53 Å². The minimum atomic E-state index is 0.119. The lowest BCUT2D eigenvalue weighted by atomic mass is 9.97. The van der Waals surface area contributed by atoms with Crippen molar-refractivity contribution in [1.82, 2.24) is 14.8 Å². The maximum Gasteiger partial charge on any atom is 0.270 e. The molecular weight excluding hydrogens is 314 g/mol.